The summed E-state index contributed by atoms with van der Waals surface area (Å²) in [6.45, 7) is 0. The molecule has 0 saturated heterocycles. The molecule has 2 aromatic carbocycles. The van der Waals surface area contributed by atoms with Gasteiger partial charge in [0.15, 0.2) is 0 Å². The molecular weight excluding hydrogens is 354 g/mol. The van der Waals surface area contributed by atoms with Gasteiger partial charge < -0.3 is 16.0 Å². The Balaban J connectivity index is 2.30. The van der Waals surface area contributed by atoms with Crippen LogP contribution in [-0.2, 0) is 0 Å². The number of hydrogen-bond acceptors (Lipinski definition) is 3. The molecule has 0 aromatic heterocycles. The molecule has 0 atom stereocenters. The van der Waals surface area contributed by atoms with E-state index in [-0.39, 0.29) is 5.91 Å². The molecule has 0 saturated carbocycles. The maximum atomic E-state index is 12.3. The Hall–Kier alpha value is -1.72. The van der Waals surface area contributed by atoms with Gasteiger partial charge in [0.05, 0.1) is 22.1 Å². The van der Waals surface area contributed by atoms with E-state index in [4.69, 9.17) is 17.3 Å². The van der Waals surface area contributed by atoms with E-state index >= 15 is 0 Å². The Kier molecular flexibility index (Phi) is 4.75. The zero-order valence-corrected chi connectivity index (χ0v) is 14.0. The Morgan fingerprint density at radius 3 is 2.57 bits per heavy atom. The van der Waals surface area contributed by atoms with Crippen LogP contribution in [0.25, 0.3) is 0 Å². The van der Waals surface area contributed by atoms with Crippen molar-refractivity contribution in [2.45, 2.75) is 0 Å². The average molecular weight is 369 g/mol. The average Bonchev–Trinajstić information content (AvgIpc) is 2.41. The van der Waals surface area contributed by atoms with E-state index in [1.54, 1.807) is 18.2 Å². The van der Waals surface area contributed by atoms with Gasteiger partial charge in [-0.3, -0.25) is 4.79 Å². The third-order valence-corrected chi connectivity index (χ3v) is 3.78. The van der Waals surface area contributed by atoms with Gasteiger partial charge in [-0.2, -0.15) is 0 Å². The fourth-order valence-electron chi connectivity index (χ4n) is 1.88. The molecule has 0 unspecified atom stereocenters. The second-order valence-corrected chi connectivity index (χ2v) is 6.07. The van der Waals surface area contributed by atoms with Crippen molar-refractivity contribution in [2.75, 3.05) is 30.0 Å². The van der Waals surface area contributed by atoms with Crippen molar-refractivity contribution < 1.29 is 4.79 Å². The number of anilines is 3. The fourth-order valence-corrected chi connectivity index (χ4v) is 2.36. The molecular formula is C15H15BrClN3O. The lowest BCUT2D eigenvalue weighted by Crippen LogP contribution is -2.17. The summed E-state index contributed by atoms with van der Waals surface area (Å²) in [5, 5.41) is 3.32. The lowest BCUT2D eigenvalue weighted by Gasteiger charge is -2.18. The number of nitrogens with two attached hydrogens (primary N) is 1. The van der Waals surface area contributed by atoms with Crippen LogP contribution in [0.3, 0.4) is 0 Å². The number of nitrogens with one attached hydrogen (secondary N) is 1. The lowest BCUT2D eigenvalue weighted by atomic mass is 10.1. The first-order chi connectivity index (χ1) is 9.88. The number of hydrogen-bond donors (Lipinski definition) is 2. The van der Waals surface area contributed by atoms with Crippen LogP contribution in [0.1, 0.15) is 10.4 Å². The highest BCUT2D eigenvalue weighted by Gasteiger charge is 2.12. The van der Waals surface area contributed by atoms with Crippen molar-refractivity contribution in [2.24, 2.45) is 0 Å². The fraction of sp³-hybridized carbons (Fsp3) is 0.133. The number of rotatable bonds is 3. The largest absolute Gasteiger partial charge is 0.398 e. The summed E-state index contributed by atoms with van der Waals surface area (Å²) in [7, 11) is 3.83. The molecule has 3 N–H and O–H groups in total. The highest BCUT2D eigenvalue weighted by Crippen LogP contribution is 2.29. The summed E-state index contributed by atoms with van der Waals surface area (Å²) >= 11 is 9.27. The van der Waals surface area contributed by atoms with Crippen LogP contribution < -0.4 is 16.0 Å². The number of halogens is 2. The predicted molar refractivity (Wildman–Crippen MR) is 92.3 cm³/mol. The lowest BCUT2D eigenvalue weighted by molar-refractivity contribution is 0.102. The Labute approximate surface area is 137 Å². The summed E-state index contributed by atoms with van der Waals surface area (Å²) < 4.78 is 0.888. The zero-order chi connectivity index (χ0) is 15.6. The molecule has 0 spiro atoms. The minimum Gasteiger partial charge on any atom is -0.398 e. The maximum Gasteiger partial charge on any atom is 0.255 e. The van der Waals surface area contributed by atoms with E-state index in [9.17, 15) is 4.79 Å². The van der Waals surface area contributed by atoms with Crippen molar-refractivity contribution >= 4 is 50.5 Å². The van der Waals surface area contributed by atoms with Crippen LogP contribution in [0.5, 0.6) is 0 Å². The molecule has 1 amide bonds. The monoisotopic (exact) mass is 367 g/mol. The molecule has 2 rings (SSSR count). The van der Waals surface area contributed by atoms with E-state index in [0.717, 1.165) is 10.2 Å². The van der Waals surface area contributed by atoms with E-state index in [1.807, 2.05) is 37.2 Å². The first-order valence-corrected chi connectivity index (χ1v) is 7.39. The van der Waals surface area contributed by atoms with Crippen LogP contribution in [-0.4, -0.2) is 20.0 Å². The van der Waals surface area contributed by atoms with Crippen LogP contribution in [0, 0.1) is 0 Å². The number of carbonyl (C=O) groups is 1. The smallest absolute Gasteiger partial charge is 0.255 e. The van der Waals surface area contributed by atoms with Crippen molar-refractivity contribution in [1.82, 2.24) is 0 Å². The van der Waals surface area contributed by atoms with Crippen LogP contribution in [0.2, 0.25) is 5.02 Å². The quantitative estimate of drug-likeness (QED) is 0.805. The normalized spacial score (nSPS) is 10.3. The molecule has 110 valence electrons. The molecule has 6 heteroatoms. The van der Waals surface area contributed by atoms with Crippen LogP contribution in [0.15, 0.2) is 40.9 Å². The van der Waals surface area contributed by atoms with Gasteiger partial charge in [0, 0.05) is 24.1 Å². The van der Waals surface area contributed by atoms with Gasteiger partial charge in [0.1, 0.15) is 0 Å². The van der Waals surface area contributed by atoms with Gasteiger partial charge in [0.25, 0.3) is 5.91 Å². The topological polar surface area (TPSA) is 58.4 Å². The first kappa shape index (κ1) is 15.7. The number of carbonyl (C=O) groups excluding carboxylic acids is 1. The van der Waals surface area contributed by atoms with E-state index < -0.39 is 0 Å². The minimum absolute atomic E-state index is 0.237. The highest BCUT2D eigenvalue weighted by molar-refractivity contribution is 9.10. The maximum absolute atomic E-state index is 12.3. The Morgan fingerprint density at radius 2 is 1.95 bits per heavy atom. The first-order valence-electron chi connectivity index (χ1n) is 6.21. The van der Waals surface area contributed by atoms with Crippen LogP contribution in [0.4, 0.5) is 17.1 Å². The van der Waals surface area contributed by atoms with Gasteiger partial charge in [-0.05, 0) is 36.4 Å². The van der Waals surface area contributed by atoms with Gasteiger partial charge in [-0.25, -0.2) is 0 Å². The molecule has 21 heavy (non-hydrogen) atoms. The minimum atomic E-state index is -0.237. The van der Waals surface area contributed by atoms with E-state index in [1.165, 1.54) is 0 Å². The third-order valence-electron chi connectivity index (χ3n) is 2.95. The molecule has 0 fully saturated rings. The molecule has 0 aliphatic rings. The molecule has 0 aliphatic carbocycles. The van der Waals surface area contributed by atoms with E-state index in [2.05, 4.69) is 21.2 Å². The van der Waals surface area contributed by atoms with Crippen molar-refractivity contribution in [3.63, 3.8) is 0 Å². The summed E-state index contributed by atoms with van der Waals surface area (Å²) in [4.78, 5) is 14.2. The molecule has 2 aromatic rings. The second-order valence-electron chi connectivity index (χ2n) is 4.75. The number of amides is 1. The number of benzene rings is 2. The summed E-state index contributed by atoms with van der Waals surface area (Å²) in [5.74, 6) is -0.237. The standard InChI is InChI=1S/C15H15BrClN3O/c1-20(2)14-6-4-10(16)8-13(14)19-15(21)9-3-5-11(17)12(18)7-9/h3-8H,18H2,1-2H3,(H,19,21). The summed E-state index contributed by atoms with van der Waals surface area (Å²) in [6, 6.07) is 10.5. The molecule has 4 nitrogen and oxygen atoms in total. The van der Waals surface area contributed by atoms with Gasteiger partial charge >= 0.3 is 0 Å². The second kappa shape index (κ2) is 6.37. The van der Waals surface area contributed by atoms with E-state index in [0.29, 0.717) is 22.0 Å². The highest BCUT2D eigenvalue weighted by atomic mass is 79.9. The van der Waals surface area contributed by atoms with Crippen LogP contribution >= 0.6 is 27.5 Å². The Bertz CT molecular complexity index is 689. The summed E-state index contributed by atoms with van der Waals surface area (Å²) in [6.07, 6.45) is 0. The Morgan fingerprint density at radius 1 is 1.24 bits per heavy atom. The number of nitrogen functional groups attached to an aromatic ring is 1. The van der Waals surface area contributed by atoms with Gasteiger partial charge in [0.2, 0.25) is 0 Å². The molecule has 0 bridgehead atoms. The zero-order valence-electron chi connectivity index (χ0n) is 11.7. The molecule has 0 radical (unpaired) electrons. The SMILES string of the molecule is CN(C)c1ccc(Br)cc1NC(=O)c1ccc(Cl)c(N)c1. The third kappa shape index (κ3) is 3.68. The van der Waals surface area contributed by atoms with Gasteiger partial charge in [-0.1, -0.05) is 27.5 Å². The molecule has 0 aliphatic heterocycles. The van der Waals surface area contributed by atoms with Crippen molar-refractivity contribution in [3.8, 4) is 0 Å². The van der Waals surface area contributed by atoms with Crippen molar-refractivity contribution in [3.05, 3.63) is 51.5 Å². The van der Waals surface area contributed by atoms with Crippen molar-refractivity contribution in [1.29, 1.82) is 0 Å². The molecule has 0 heterocycles. The van der Waals surface area contributed by atoms with Gasteiger partial charge in [-0.15, -0.1) is 0 Å². The predicted octanol–water partition coefficient (Wildman–Crippen LogP) is 4.00. The number of nitrogens with zero attached hydrogens (tertiary/aromatic N) is 1. The summed E-state index contributed by atoms with van der Waals surface area (Å²) in [5.41, 5.74) is 8.19.